The first kappa shape index (κ1) is 20.4. The third-order valence-electron chi connectivity index (χ3n) is 4.09. The van der Waals surface area contributed by atoms with E-state index < -0.39 is 23.5 Å². The average molecular weight is 415 g/mol. The standard InChI is InChI=1S/C20H18FN3O4S/c1-28-10-13-17-14(21)3-2-4-15(17)29-18(13)20(27)24-12-7-5-11(6-8-12)19(26)23-9-16(22)25/h2-8H,9-10H2,1H3,(H2,22,25)(H,23,26)(H,24,27). The van der Waals surface area contributed by atoms with Crippen molar-refractivity contribution in [2.75, 3.05) is 19.0 Å². The topological polar surface area (TPSA) is 111 Å². The van der Waals surface area contributed by atoms with Crippen molar-refractivity contribution < 1.29 is 23.5 Å². The van der Waals surface area contributed by atoms with E-state index in [4.69, 9.17) is 10.5 Å². The van der Waals surface area contributed by atoms with E-state index in [1.807, 2.05) is 0 Å². The number of rotatable bonds is 7. The summed E-state index contributed by atoms with van der Waals surface area (Å²) in [5.74, 6) is -1.90. The quantitative estimate of drug-likeness (QED) is 0.551. The highest BCUT2D eigenvalue weighted by Crippen LogP contribution is 2.34. The summed E-state index contributed by atoms with van der Waals surface area (Å²) in [4.78, 5) is 35.8. The van der Waals surface area contributed by atoms with Crippen LogP contribution in [0.1, 0.15) is 25.6 Å². The fourth-order valence-electron chi connectivity index (χ4n) is 2.80. The summed E-state index contributed by atoms with van der Waals surface area (Å²) in [7, 11) is 1.48. The van der Waals surface area contributed by atoms with Crippen LogP contribution >= 0.6 is 11.3 Å². The van der Waals surface area contributed by atoms with Crippen LogP contribution in [-0.4, -0.2) is 31.4 Å². The molecule has 0 spiro atoms. The lowest BCUT2D eigenvalue weighted by molar-refractivity contribution is -0.117. The second-order valence-electron chi connectivity index (χ2n) is 6.14. The number of carbonyl (C=O) groups is 3. The maximum Gasteiger partial charge on any atom is 0.266 e. The molecule has 150 valence electrons. The molecule has 9 heteroatoms. The Morgan fingerprint density at radius 2 is 1.83 bits per heavy atom. The second-order valence-corrected chi connectivity index (χ2v) is 7.19. The zero-order valence-corrected chi connectivity index (χ0v) is 16.3. The van der Waals surface area contributed by atoms with Crippen LogP contribution in [0.5, 0.6) is 0 Å². The molecule has 4 N–H and O–H groups in total. The lowest BCUT2D eigenvalue weighted by Crippen LogP contribution is -2.33. The highest BCUT2D eigenvalue weighted by molar-refractivity contribution is 7.21. The number of carbonyl (C=O) groups excluding carboxylic acids is 3. The molecule has 1 heterocycles. The Balaban J connectivity index is 1.80. The van der Waals surface area contributed by atoms with Gasteiger partial charge in [0.05, 0.1) is 18.0 Å². The number of hydrogen-bond acceptors (Lipinski definition) is 5. The Hall–Kier alpha value is -3.30. The number of primary amides is 1. The van der Waals surface area contributed by atoms with E-state index in [1.54, 1.807) is 24.3 Å². The van der Waals surface area contributed by atoms with E-state index in [1.165, 1.54) is 36.6 Å². The molecule has 0 atom stereocenters. The minimum atomic E-state index is -0.645. The molecule has 0 aliphatic rings. The number of methoxy groups -OCH3 is 1. The van der Waals surface area contributed by atoms with Crippen molar-refractivity contribution >= 4 is 44.8 Å². The first-order chi connectivity index (χ1) is 13.9. The number of halogens is 1. The minimum absolute atomic E-state index is 0.0999. The molecule has 0 unspecified atom stereocenters. The number of nitrogens with one attached hydrogen (secondary N) is 2. The van der Waals surface area contributed by atoms with Crippen LogP contribution in [0.4, 0.5) is 10.1 Å². The van der Waals surface area contributed by atoms with Gasteiger partial charge in [-0.25, -0.2) is 4.39 Å². The lowest BCUT2D eigenvalue weighted by Gasteiger charge is -2.08. The van der Waals surface area contributed by atoms with Gasteiger partial charge in [-0.2, -0.15) is 0 Å². The van der Waals surface area contributed by atoms with E-state index in [0.717, 1.165) is 0 Å². The van der Waals surface area contributed by atoms with Crippen molar-refractivity contribution in [3.8, 4) is 0 Å². The van der Waals surface area contributed by atoms with Gasteiger partial charge >= 0.3 is 0 Å². The molecular formula is C20H18FN3O4S. The van der Waals surface area contributed by atoms with Crippen molar-refractivity contribution in [2.24, 2.45) is 5.73 Å². The molecule has 0 saturated heterocycles. The summed E-state index contributed by atoms with van der Waals surface area (Å²) in [6.45, 7) is -0.162. The van der Waals surface area contributed by atoms with Crippen molar-refractivity contribution in [2.45, 2.75) is 6.61 Å². The monoisotopic (exact) mass is 415 g/mol. The number of amides is 3. The van der Waals surface area contributed by atoms with Crippen molar-refractivity contribution in [3.63, 3.8) is 0 Å². The highest BCUT2D eigenvalue weighted by Gasteiger charge is 2.21. The molecule has 3 rings (SSSR count). The van der Waals surface area contributed by atoms with Gasteiger partial charge in [-0.1, -0.05) is 6.07 Å². The summed E-state index contributed by atoms with van der Waals surface area (Å²) in [5.41, 5.74) is 6.26. The largest absolute Gasteiger partial charge is 0.380 e. The molecular weight excluding hydrogens is 397 g/mol. The number of benzene rings is 2. The molecule has 7 nitrogen and oxygen atoms in total. The van der Waals surface area contributed by atoms with Gasteiger partial charge in [-0.3, -0.25) is 14.4 Å². The molecule has 3 amide bonds. The number of anilines is 1. The third-order valence-corrected chi connectivity index (χ3v) is 5.28. The van der Waals surface area contributed by atoms with Gasteiger partial charge in [-0.15, -0.1) is 11.3 Å². The first-order valence-electron chi connectivity index (χ1n) is 8.57. The van der Waals surface area contributed by atoms with Crippen LogP contribution in [0.25, 0.3) is 10.1 Å². The third kappa shape index (κ3) is 4.58. The SMILES string of the molecule is COCc1c(C(=O)Nc2ccc(C(=O)NCC(N)=O)cc2)sc2cccc(F)c12. The van der Waals surface area contributed by atoms with Crippen LogP contribution in [0.2, 0.25) is 0 Å². The van der Waals surface area contributed by atoms with Gasteiger partial charge in [0.25, 0.3) is 11.8 Å². The Morgan fingerprint density at radius 3 is 2.48 bits per heavy atom. The van der Waals surface area contributed by atoms with Crippen LogP contribution in [0.15, 0.2) is 42.5 Å². The van der Waals surface area contributed by atoms with Gasteiger partial charge in [0.2, 0.25) is 5.91 Å². The van der Waals surface area contributed by atoms with E-state index in [2.05, 4.69) is 10.6 Å². The molecule has 1 aromatic heterocycles. The summed E-state index contributed by atoms with van der Waals surface area (Å²) >= 11 is 1.18. The van der Waals surface area contributed by atoms with E-state index in [-0.39, 0.29) is 13.2 Å². The average Bonchev–Trinajstić information content (AvgIpc) is 3.07. The number of ether oxygens (including phenoxy) is 1. The fourth-order valence-corrected chi connectivity index (χ4v) is 3.91. The van der Waals surface area contributed by atoms with E-state index in [9.17, 15) is 18.8 Å². The van der Waals surface area contributed by atoms with Crippen molar-refractivity contribution in [1.82, 2.24) is 5.32 Å². The molecule has 3 aromatic rings. The van der Waals surface area contributed by atoms with Crippen molar-refractivity contribution in [1.29, 1.82) is 0 Å². The summed E-state index contributed by atoms with van der Waals surface area (Å²) in [6, 6.07) is 10.8. The second kappa shape index (κ2) is 8.80. The van der Waals surface area contributed by atoms with Crippen LogP contribution < -0.4 is 16.4 Å². The Labute approximate surface area is 169 Å². The molecule has 0 bridgehead atoms. The van der Waals surface area contributed by atoms with Crippen LogP contribution in [0.3, 0.4) is 0 Å². The maximum absolute atomic E-state index is 14.3. The Morgan fingerprint density at radius 1 is 1.10 bits per heavy atom. The number of hydrogen-bond donors (Lipinski definition) is 3. The minimum Gasteiger partial charge on any atom is -0.380 e. The zero-order valence-electron chi connectivity index (χ0n) is 15.5. The van der Waals surface area contributed by atoms with E-state index in [0.29, 0.717) is 31.8 Å². The lowest BCUT2D eigenvalue weighted by atomic mass is 10.1. The number of fused-ring (bicyclic) bond motifs is 1. The molecule has 0 saturated carbocycles. The highest BCUT2D eigenvalue weighted by atomic mass is 32.1. The zero-order chi connectivity index (χ0) is 21.0. The normalized spacial score (nSPS) is 10.7. The Kier molecular flexibility index (Phi) is 6.20. The van der Waals surface area contributed by atoms with Crippen LogP contribution in [-0.2, 0) is 16.1 Å². The van der Waals surface area contributed by atoms with Crippen LogP contribution in [0, 0.1) is 5.82 Å². The molecule has 0 aliphatic carbocycles. The van der Waals surface area contributed by atoms with E-state index >= 15 is 0 Å². The van der Waals surface area contributed by atoms with Gasteiger partial charge < -0.3 is 21.1 Å². The summed E-state index contributed by atoms with van der Waals surface area (Å²) in [6.07, 6.45) is 0. The van der Waals surface area contributed by atoms with Gasteiger partial charge in [0.15, 0.2) is 0 Å². The molecule has 0 radical (unpaired) electrons. The Bertz CT molecular complexity index is 1080. The van der Waals surface area contributed by atoms with Gasteiger partial charge in [0.1, 0.15) is 5.82 Å². The number of thiophene rings is 1. The summed E-state index contributed by atoms with van der Waals surface area (Å²) < 4.78 is 20.1. The molecule has 0 aliphatic heterocycles. The van der Waals surface area contributed by atoms with Gasteiger partial charge in [0, 0.05) is 34.0 Å². The molecule has 2 aromatic carbocycles. The van der Waals surface area contributed by atoms with Gasteiger partial charge in [-0.05, 0) is 36.4 Å². The fraction of sp³-hybridized carbons (Fsp3) is 0.150. The maximum atomic E-state index is 14.3. The summed E-state index contributed by atoms with van der Waals surface area (Å²) in [5, 5.41) is 5.50. The molecule has 29 heavy (non-hydrogen) atoms. The van der Waals surface area contributed by atoms with Crippen molar-refractivity contribution in [3.05, 3.63) is 64.3 Å². The predicted octanol–water partition coefficient (Wildman–Crippen LogP) is 2.65. The molecule has 0 fully saturated rings. The smallest absolute Gasteiger partial charge is 0.266 e. The predicted molar refractivity (Wildman–Crippen MR) is 108 cm³/mol. The first-order valence-corrected chi connectivity index (χ1v) is 9.39. The number of nitrogens with two attached hydrogens (primary N) is 1.